The van der Waals surface area contributed by atoms with Crippen LogP contribution in [-0.2, 0) is 16.1 Å². The van der Waals surface area contributed by atoms with Crippen LogP contribution in [0.2, 0.25) is 20.1 Å². The monoisotopic (exact) mass is 746 g/mol. The molecule has 0 atom stereocenters. The van der Waals surface area contributed by atoms with Crippen molar-refractivity contribution in [2.75, 3.05) is 10.6 Å². The van der Waals surface area contributed by atoms with Crippen molar-refractivity contribution >= 4 is 75.5 Å². The predicted molar refractivity (Wildman–Crippen MR) is 201 cm³/mol. The first kappa shape index (κ1) is 38.4. The van der Waals surface area contributed by atoms with Crippen LogP contribution in [0.3, 0.4) is 0 Å². The molecule has 0 unspecified atom stereocenters. The summed E-state index contributed by atoms with van der Waals surface area (Å²) in [6, 6.07) is 16.1. The summed E-state index contributed by atoms with van der Waals surface area (Å²) in [5.74, 6) is -0.330. The molecule has 8 nitrogen and oxygen atoms in total. The number of carbonyl (C=O) groups is 2. The summed E-state index contributed by atoms with van der Waals surface area (Å²) >= 11 is 25.3. The molecule has 0 aliphatic carbocycles. The molecule has 3 N–H and O–H groups in total. The Labute approximate surface area is 307 Å². The smallest absolute Gasteiger partial charge is 0.338 e. The molecular weight excluding hydrogens is 706 g/mol. The number of aromatic amines is 1. The van der Waals surface area contributed by atoms with Gasteiger partial charge in [-0.1, -0.05) is 130 Å². The second-order valence-electron chi connectivity index (χ2n) is 12.0. The third kappa shape index (κ3) is 12.1. The van der Waals surface area contributed by atoms with Gasteiger partial charge in [0.25, 0.3) is 5.56 Å². The van der Waals surface area contributed by atoms with Gasteiger partial charge in [0.2, 0.25) is 5.91 Å². The molecule has 0 bridgehead atoms. The summed E-state index contributed by atoms with van der Waals surface area (Å²) in [5, 5.41) is 9.82. The zero-order valence-corrected chi connectivity index (χ0v) is 30.6. The maximum atomic E-state index is 12.9. The molecule has 3 aromatic carbocycles. The Hall–Kier alpha value is -3.43. The highest BCUT2D eigenvalue weighted by atomic mass is 35.5. The van der Waals surface area contributed by atoms with Crippen molar-refractivity contribution in [1.82, 2.24) is 9.78 Å². The van der Waals surface area contributed by atoms with E-state index in [0.29, 0.717) is 33.7 Å². The number of esters is 1. The second kappa shape index (κ2) is 19.7. The van der Waals surface area contributed by atoms with Gasteiger partial charge in [-0.15, -0.1) is 0 Å². The minimum atomic E-state index is -0.642. The molecular formula is C37H42Cl4N4O4. The number of hydrogen-bond acceptors (Lipinski definition) is 5. The van der Waals surface area contributed by atoms with Crippen LogP contribution in [0, 0.1) is 0 Å². The first-order valence-corrected chi connectivity index (χ1v) is 18.2. The first-order chi connectivity index (χ1) is 23.6. The van der Waals surface area contributed by atoms with E-state index >= 15 is 0 Å². The summed E-state index contributed by atoms with van der Waals surface area (Å²) in [6.07, 6.45) is 14.1. The number of benzene rings is 3. The number of anilines is 3. The van der Waals surface area contributed by atoms with E-state index in [0.717, 1.165) is 23.1 Å². The van der Waals surface area contributed by atoms with Gasteiger partial charge in [0, 0.05) is 23.2 Å². The Bertz CT molecular complexity index is 1730. The van der Waals surface area contributed by atoms with E-state index in [1.807, 2.05) is 0 Å². The van der Waals surface area contributed by atoms with Gasteiger partial charge in [0.1, 0.15) is 18.1 Å². The lowest BCUT2D eigenvalue weighted by molar-refractivity contribution is -0.116. The number of hydrogen-bond donors (Lipinski definition) is 3. The number of unbranched alkanes of at least 4 members (excludes halogenated alkanes) is 10. The number of rotatable bonds is 19. The molecule has 0 saturated heterocycles. The Morgan fingerprint density at radius 2 is 1.37 bits per heavy atom. The van der Waals surface area contributed by atoms with Gasteiger partial charge in [-0.2, -0.15) is 0 Å². The Balaban J connectivity index is 1.22. The molecule has 12 heteroatoms. The summed E-state index contributed by atoms with van der Waals surface area (Å²) < 4.78 is 6.63. The van der Waals surface area contributed by atoms with Crippen molar-refractivity contribution in [2.24, 2.45) is 0 Å². The zero-order chi connectivity index (χ0) is 35.2. The summed E-state index contributed by atoms with van der Waals surface area (Å²) in [4.78, 5) is 38.0. The maximum Gasteiger partial charge on any atom is 0.338 e. The number of carbonyl (C=O) groups excluding carboxylic acids is 2. The van der Waals surface area contributed by atoms with Crippen molar-refractivity contribution in [3.05, 3.63) is 102 Å². The van der Waals surface area contributed by atoms with Gasteiger partial charge in [0.15, 0.2) is 0 Å². The van der Waals surface area contributed by atoms with Gasteiger partial charge >= 0.3 is 5.97 Å². The molecule has 1 amide bonds. The number of ether oxygens (including phenoxy) is 1. The van der Waals surface area contributed by atoms with E-state index < -0.39 is 11.5 Å². The van der Waals surface area contributed by atoms with Crippen molar-refractivity contribution < 1.29 is 14.3 Å². The normalized spacial score (nSPS) is 11.0. The third-order valence-electron chi connectivity index (χ3n) is 8.01. The largest absolute Gasteiger partial charge is 0.457 e. The van der Waals surface area contributed by atoms with Crippen LogP contribution in [0.4, 0.5) is 17.2 Å². The fourth-order valence-electron chi connectivity index (χ4n) is 5.35. The molecule has 262 valence electrons. The fourth-order valence-corrected chi connectivity index (χ4v) is 6.34. The summed E-state index contributed by atoms with van der Waals surface area (Å²) in [6.45, 7) is 2.24. The lowest BCUT2D eigenvalue weighted by Gasteiger charge is -2.11. The highest BCUT2D eigenvalue weighted by molar-refractivity contribution is 6.38. The first-order valence-electron chi connectivity index (χ1n) is 16.7. The van der Waals surface area contributed by atoms with Gasteiger partial charge in [0.05, 0.1) is 26.3 Å². The zero-order valence-electron chi connectivity index (χ0n) is 27.6. The number of halogens is 4. The molecule has 4 rings (SSSR count). The fraction of sp³-hybridized carbons (Fsp3) is 0.378. The number of aromatic nitrogens is 2. The van der Waals surface area contributed by atoms with E-state index in [9.17, 15) is 14.4 Å². The van der Waals surface area contributed by atoms with Crippen molar-refractivity contribution in [3.8, 4) is 5.69 Å². The standard InChI is InChI=1S/C37H42Cl4N4O4/c1-2-3-4-5-6-7-8-9-10-11-12-13-34(46)42-28-17-14-25(15-18-28)24-49-37(48)26-20-30(40)36(31(41)21-26)45-35(47)23-33(44-45)43-32-22-27(38)16-19-29(32)39/h14-23,43-44H,2-13,24H2,1H3,(H,42,46). The Morgan fingerprint density at radius 1 is 0.755 bits per heavy atom. The van der Waals surface area contributed by atoms with E-state index in [-0.39, 0.29) is 33.8 Å². The van der Waals surface area contributed by atoms with E-state index in [2.05, 4.69) is 22.7 Å². The van der Waals surface area contributed by atoms with Crippen LogP contribution in [0.1, 0.15) is 99.9 Å². The summed E-state index contributed by atoms with van der Waals surface area (Å²) in [5.41, 5.74) is 1.75. The van der Waals surface area contributed by atoms with Gasteiger partial charge in [-0.3, -0.25) is 14.7 Å². The highest BCUT2D eigenvalue weighted by Gasteiger charge is 2.18. The van der Waals surface area contributed by atoms with E-state index in [1.165, 1.54) is 76.0 Å². The molecule has 0 saturated carbocycles. The van der Waals surface area contributed by atoms with Crippen LogP contribution in [-0.4, -0.2) is 21.7 Å². The van der Waals surface area contributed by atoms with Crippen LogP contribution < -0.4 is 16.2 Å². The Morgan fingerprint density at radius 3 is 2.00 bits per heavy atom. The molecule has 1 heterocycles. The highest BCUT2D eigenvalue weighted by Crippen LogP contribution is 2.31. The molecule has 0 spiro atoms. The van der Waals surface area contributed by atoms with Crippen LogP contribution >= 0.6 is 46.4 Å². The molecule has 0 aliphatic rings. The molecule has 0 radical (unpaired) electrons. The van der Waals surface area contributed by atoms with Crippen LogP contribution in [0.5, 0.6) is 0 Å². The molecule has 0 fully saturated rings. The average Bonchev–Trinajstić information content (AvgIpc) is 3.43. The van der Waals surface area contributed by atoms with Crippen LogP contribution in [0.25, 0.3) is 5.69 Å². The minimum absolute atomic E-state index is 0.0000325. The Kier molecular flexibility index (Phi) is 15.4. The second-order valence-corrected chi connectivity index (χ2v) is 13.6. The number of nitrogens with zero attached hydrogens (tertiary/aromatic N) is 1. The van der Waals surface area contributed by atoms with E-state index in [1.54, 1.807) is 42.5 Å². The quantitative estimate of drug-likeness (QED) is 0.0654. The van der Waals surface area contributed by atoms with Crippen LogP contribution in [0.15, 0.2) is 65.5 Å². The van der Waals surface area contributed by atoms with Crippen molar-refractivity contribution in [2.45, 2.75) is 90.6 Å². The maximum absolute atomic E-state index is 12.9. The van der Waals surface area contributed by atoms with Gasteiger partial charge < -0.3 is 15.4 Å². The topological polar surface area (TPSA) is 105 Å². The number of H-pyrrole nitrogens is 1. The van der Waals surface area contributed by atoms with Crippen molar-refractivity contribution in [1.29, 1.82) is 0 Å². The summed E-state index contributed by atoms with van der Waals surface area (Å²) in [7, 11) is 0. The van der Waals surface area contributed by atoms with Crippen molar-refractivity contribution in [3.63, 3.8) is 0 Å². The molecule has 1 aromatic heterocycles. The predicted octanol–water partition coefficient (Wildman–Crippen LogP) is 11.5. The molecule has 0 aliphatic heterocycles. The lowest BCUT2D eigenvalue weighted by atomic mass is 10.1. The van der Waals surface area contributed by atoms with E-state index in [4.69, 9.17) is 51.1 Å². The van der Waals surface area contributed by atoms with Gasteiger partial charge in [-0.25, -0.2) is 9.48 Å². The third-order valence-corrected chi connectivity index (χ3v) is 9.15. The average molecular weight is 749 g/mol. The minimum Gasteiger partial charge on any atom is -0.457 e. The molecule has 4 aromatic rings. The van der Waals surface area contributed by atoms with Gasteiger partial charge in [-0.05, 0) is 54.4 Å². The number of nitrogens with one attached hydrogen (secondary N) is 3. The molecule has 49 heavy (non-hydrogen) atoms. The SMILES string of the molecule is CCCCCCCCCCCCCC(=O)Nc1ccc(COC(=O)c2cc(Cl)c(-n3[nH]c(Nc4cc(Cl)ccc4Cl)cc3=O)c(Cl)c2)cc1. The number of amides is 1. The lowest BCUT2D eigenvalue weighted by Crippen LogP contribution is -2.15.